The largest absolute Gasteiger partial charge is 0.454 e. The van der Waals surface area contributed by atoms with E-state index in [1.807, 2.05) is 30.3 Å². The van der Waals surface area contributed by atoms with Crippen LogP contribution in [0.25, 0.3) is 11.0 Å². The van der Waals surface area contributed by atoms with Crippen LogP contribution in [0.15, 0.2) is 72.8 Å². The summed E-state index contributed by atoms with van der Waals surface area (Å²) in [4.78, 5) is 22.2. The van der Waals surface area contributed by atoms with E-state index in [2.05, 4.69) is 62.1 Å². The van der Waals surface area contributed by atoms with Crippen LogP contribution in [-0.4, -0.2) is 64.8 Å². The van der Waals surface area contributed by atoms with Crippen molar-refractivity contribution in [1.82, 2.24) is 24.7 Å². The normalized spacial score (nSPS) is 15.8. The number of amides is 1. The highest BCUT2D eigenvalue weighted by Gasteiger charge is 2.21. The molecular formula is C29H31N5O3. The molecule has 8 nitrogen and oxygen atoms in total. The number of carbonyl (C=O) groups is 1. The first-order valence-electron chi connectivity index (χ1n) is 12.8. The minimum atomic E-state index is 0.0378. The third-order valence-electron chi connectivity index (χ3n) is 7.04. The molecule has 1 fully saturated rings. The van der Waals surface area contributed by atoms with Crippen LogP contribution < -0.4 is 14.8 Å². The summed E-state index contributed by atoms with van der Waals surface area (Å²) in [5, 5.41) is 3.03. The van der Waals surface area contributed by atoms with Crippen LogP contribution in [0.5, 0.6) is 11.5 Å². The zero-order chi connectivity index (χ0) is 25.0. The van der Waals surface area contributed by atoms with Crippen LogP contribution in [0.1, 0.15) is 17.0 Å². The third kappa shape index (κ3) is 5.45. The predicted molar refractivity (Wildman–Crippen MR) is 141 cm³/mol. The zero-order valence-corrected chi connectivity index (χ0v) is 20.8. The first-order valence-corrected chi connectivity index (χ1v) is 12.8. The SMILES string of the molecule is O=C(CN1CCN(Cc2nc3ccccc3n2Cc2ccccc2)CC1)NCc1ccc2c(c1)OCO2. The number of ether oxygens (including phenoxy) is 2. The van der Waals surface area contributed by atoms with Gasteiger partial charge in [-0.25, -0.2) is 4.98 Å². The summed E-state index contributed by atoms with van der Waals surface area (Å²) in [5.74, 6) is 2.61. The highest BCUT2D eigenvalue weighted by Crippen LogP contribution is 2.32. The molecule has 0 radical (unpaired) electrons. The number of aromatic nitrogens is 2. The summed E-state index contributed by atoms with van der Waals surface area (Å²) >= 11 is 0. The molecule has 4 aromatic rings. The minimum absolute atomic E-state index is 0.0378. The summed E-state index contributed by atoms with van der Waals surface area (Å²) in [5.41, 5.74) is 4.47. The van der Waals surface area contributed by atoms with Crippen molar-refractivity contribution in [3.8, 4) is 11.5 Å². The molecule has 3 aromatic carbocycles. The van der Waals surface area contributed by atoms with Crippen LogP contribution in [0.3, 0.4) is 0 Å². The Morgan fingerprint density at radius 1 is 0.811 bits per heavy atom. The fourth-order valence-electron chi connectivity index (χ4n) is 5.00. The summed E-state index contributed by atoms with van der Waals surface area (Å²) in [6, 6.07) is 24.7. The predicted octanol–water partition coefficient (Wildman–Crippen LogP) is 3.25. The third-order valence-corrected chi connectivity index (χ3v) is 7.04. The van der Waals surface area contributed by atoms with E-state index in [9.17, 15) is 4.79 Å². The summed E-state index contributed by atoms with van der Waals surface area (Å²) < 4.78 is 13.1. The van der Waals surface area contributed by atoms with Crippen molar-refractivity contribution in [3.63, 3.8) is 0 Å². The molecule has 0 atom stereocenters. The van der Waals surface area contributed by atoms with E-state index in [0.717, 1.165) is 67.7 Å². The standard InChI is InChI=1S/C29H31N5O3/c35-29(30-17-23-10-11-26-27(16-23)37-21-36-26)20-33-14-12-32(13-15-33)19-28-31-24-8-4-5-9-25(24)34(28)18-22-6-2-1-3-7-22/h1-11,16H,12-15,17-21H2,(H,30,35). The van der Waals surface area contributed by atoms with Crippen molar-refractivity contribution in [1.29, 1.82) is 0 Å². The molecule has 0 saturated carbocycles. The molecule has 2 aliphatic heterocycles. The monoisotopic (exact) mass is 497 g/mol. The Bertz CT molecular complexity index is 1380. The summed E-state index contributed by atoms with van der Waals surface area (Å²) in [6.07, 6.45) is 0. The van der Waals surface area contributed by atoms with Crippen molar-refractivity contribution >= 4 is 16.9 Å². The van der Waals surface area contributed by atoms with Gasteiger partial charge in [0.2, 0.25) is 12.7 Å². The lowest BCUT2D eigenvalue weighted by molar-refractivity contribution is -0.122. The van der Waals surface area contributed by atoms with E-state index in [4.69, 9.17) is 14.5 Å². The van der Waals surface area contributed by atoms with E-state index in [1.165, 1.54) is 11.1 Å². The molecule has 0 bridgehead atoms. The second kappa shape index (κ2) is 10.6. The topological polar surface area (TPSA) is 71.9 Å². The van der Waals surface area contributed by atoms with Crippen molar-refractivity contribution < 1.29 is 14.3 Å². The molecule has 1 aromatic heterocycles. The molecule has 3 heterocycles. The fourth-order valence-corrected chi connectivity index (χ4v) is 5.00. The minimum Gasteiger partial charge on any atom is -0.454 e. The molecule has 0 aliphatic carbocycles. The number of hydrogen-bond donors (Lipinski definition) is 1. The molecule has 37 heavy (non-hydrogen) atoms. The van der Waals surface area contributed by atoms with Crippen molar-refractivity contribution in [2.75, 3.05) is 39.5 Å². The van der Waals surface area contributed by atoms with Crippen molar-refractivity contribution in [3.05, 3.63) is 89.7 Å². The van der Waals surface area contributed by atoms with Crippen molar-refractivity contribution in [2.45, 2.75) is 19.6 Å². The lowest BCUT2D eigenvalue weighted by Crippen LogP contribution is -2.49. The summed E-state index contributed by atoms with van der Waals surface area (Å²) in [7, 11) is 0. The van der Waals surface area contributed by atoms with Crippen LogP contribution in [0, 0.1) is 0 Å². The number of nitrogens with one attached hydrogen (secondary N) is 1. The molecule has 2 aliphatic rings. The average Bonchev–Trinajstić information content (AvgIpc) is 3.53. The lowest BCUT2D eigenvalue weighted by atomic mass is 10.2. The number of hydrogen-bond acceptors (Lipinski definition) is 6. The number of benzene rings is 3. The Labute approximate surface area is 216 Å². The number of fused-ring (bicyclic) bond motifs is 2. The quantitative estimate of drug-likeness (QED) is 0.403. The molecule has 0 spiro atoms. The second-order valence-electron chi connectivity index (χ2n) is 9.61. The van der Waals surface area contributed by atoms with E-state index >= 15 is 0 Å². The first-order chi connectivity index (χ1) is 18.2. The molecule has 1 N–H and O–H groups in total. The van der Waals surface area contributed by atoms with Gasteiger partial charge in [0.15, 0.2) is 11.5 Å². The van der Waals surface area contributed by atoms with Gasteiger partial charge < -0.3 is 19.4 Å². The molecular weight excluding hydrogens is 466 g/mol. The number of carbonyl (C=O) groups excluding carboxylic acids is 1. The van der Waals surface area contributed by atoms with Gasteiger partial charge >= 0.3 is 0 Å². The van der Waals surface area contributed by atoms with Gasteiger partial charge in [0.1, 0.15) is 5.82 Å². The molecule has 1 amide bonds. The highest BCUT2D eigenvalue weighted by molar-refractivity contribution is 5.78. The van der Waals surface area contributed by atoms with Gasteiger partial charge in [0, 0.05) is 39.3 Å². The van der Waals surface area contributed by atoms with Crippen LogP contribution in [0.4, 0.5) is 0 Å². The number of para-hydroxylation sites is 2. The fraction of sp³-hybridized carbons (Fsp3) is 0.310. The van der Waals surface area contributed by atoms with E-state index < -0.39 is 0 Å². The van der Waals surface area contributed by atoms with Gasteiger partial charge in [-0.3, -0.25) is 14.6 Å². The van der Waals surface area contributed by atoms with Gasteiger partial charge in [0.05, 0.1) is 24.1 Å². The molecule has 0 unspecified atom stereocenters. The smallest absolute Gasteiger partial charge is 0.234 e. The Balaban J connectivity index is 1.02. The van der Waals surface area contributed by atoms with Crippen LogP contribution in [0.2, 0.25) is 0 Å². The molecule has 6 rings (SSSR count). The van der Waals surface area contributed by atoms with Crippen molar-refractivity contribution in [2.24, 2.45) is 0 Å². The van der Waals surface area contributed by atoms with Gasteiger partial charge in [0.25, 0.3) is 0 Å². The van der Waals surface area contributed by atoms with Crippen LogP contribution >= 0.6 is 0 Å². The lowest BCUT2D eigenvalue weighted by Gasteiger charge is -2.34. The molecule has 8 heteroatoms. The van der Waals surface area contributed by atoms with Gasteiger partial charge in [-0.1, -0.05) is 48.5 Å². The first kappa shape index (κ1) is 23.5. The Morgan fingerprint density at radius 3 is 2.43 bits per heavy atom. The number of piperazine rings is 1. The zero-order valence-electron chi connectivity index (χ0n) is 20.8. The molecule has 190 valence electrons. The highest BCUT2D eigenvalue weighted by atomic mass is 16.7. The van der Waals surface area contributed by atoms with Crippen LogP contribution in [-0.2, 0) is 24.4 Å². The van der Waals surface area contributed by atoms with Gasteiger partial charge in [-0.2, -0.15) is 0 Å². The van der Waals surface area contributed by atoms with E-state index in [1.54, 1.807) is 0 Å². The Morgan fingerprint density at radius 2 is 1.57 bits per heavy atom. The number of imidazole rings is 1. The second-order valence-corrected chi connectivity index (χ2v) is 9.61. The Kier molecular flexibility index (Phi) is 6.75. The summed E-state index contributed by atoms with van der Waals surface area (Å²) in [6.45, 7) is 6.27. The van der Waals surface area contributed by atoms with Gasteiger partial charge in [-0.15, -0.1) is 0 Å². The maximum atomic E-state index is 12.6. The van der Waals surface area contributed by atoms with E-state index in [-0.39, 0.29) is 12.7 Å². The maximum Gasteiger partial charge on any atom is 0.234 e. The molecule has 1 saturated heterocycles. The number of rotatable bonds is 8. The van der Waals surface area contributed by atoms with E-state index in [0.29, 0.717) is 13.1 Å². The number of nitrogens with zero attached hydrogens (tertiary/aromatic N) is 4. The van der Waals surface area contributed by atoms with Gasteiger partial charge in [-0.05, 0) is 35.4 Å². The average molecular weight is 498 g/mol. The maximum absolute atomic E-state index is 12.6. The Hall–Kier alpha value is -3.88.